The molecule has 3 aliphatic rings. The number of rotatable bonds is 11. The summed E-state index contributed by atoms with van der Waals surface area (Å²) in [5, 5.41) is 21.1. The van der Waals surface area contributed by atoms with E-state index in [9.17, 15) is 19.5 Å². The number of unbranched alkanes of at least 4 members (excludes halogenated alkanes) is 3. The normalized spacial score (nSPS) is 28.0. The molecule has 0 radical (unpaired) electrons. The Morgan fingerprint density at radius 3 is 2.62 bits per heavy atom. The topological polar surface area (TPSA) is 98.2 Å². The summed E-state index contributed by atoms with van der Waals surface area (Å²) in [6.07, 6.45) is 6.16. The second kappa shape index (κ2) is 10.5. The third-order valence-corrected chi connectivity index (χ3v) is 10.2. The number of aliphatic carboxylic acids is 1. The molecule has 196 valence electrons. The fraction of sp³-hybridized carbons (Fsp3) is 0.483. The van der Waals surface area contributed by atoms with Crippen LogP contribution in [0.1, 0.15) is 38.5 Å². The molecule has 2 aromatic rings. The number of aliphatic hydroxyl groups excluding tert-OH is 1. The summed E-state index contributed by atoms with van der Waals surface area (Å²) in [6, 6.07) is 13.2. The molecule has 3 saturated heterocycles. The number of fused-ring (bicyclic) bond motifs is 2. The van der Waals surface area contributed by atoms with Gasteiger partial charge >= 0.3 is 5.97 Å². The molecular weight excluding hydrogens is 488 g/mol. The summed E-state index contributed by atoms with van der Waals surface area (Å²) in [5.41, 5.74) is 0.742. The predicted octanol–water partition coefficient (Wildman–Crippen LogP) is 4.09. The van der Waals surface area contributed by atoms with Crippen molar-refractivity contribution in [2.24, 2.45) is 11.8 Å². The van der Waals surface area contributed by atoms with E-state index in [2.05, 4.69) is 6.58 Å². The molecule has 2 bridgehead atoms. The van der Waals surface area contributed by atoms with Gasteiger partial charge in [0, 0.05) is 30.6 Å². The number of carboxylic acid groups (broad SMARTS) is 1. The molecule has 3 fully saturated rings. The Labute approximate surface area is 221 Å². The van der Waals surface area contributed by atoms with Crippen LogP contribution in [0, 0.1) is 11.8 Å². The second-order valence-electron chi connectivity index (χ2n) is 10.3. The van der Waals surface area contributed by atoms with E-state index in [1.807, 2.05) is 42.5 Å². The highest BCUT2D eigenvalue weighted by molar-refractivity contribution is 8.02. The first kappa shape index (κ1) is 25.8. The van der Waals surface area contributed by atoms with Gasteiger partial charge in [-0.1, -0.05) is 49.2 Å². The van der Waals surface area contributed by atoms with Crippen molar-refractivity contribution < 1.29 is 24.6 Å². The lowest BCUT2D eigenvalue weighted by Gasteiger charge is -2.37. The third-order valence-electron chi connectivity index (χ3n) is 8.25. The zero-order valence-corrected chi connectivity index (χ0v) is 21.7. The number of carbonyl (C=O) groups excluding carboxylic acids is 2. The van der Waals surface area contributed by atoms with Crippen molar-refractivity contribution in [3.63, 3.8) is 0 Å². The van der Waals surface area contributed by atoms with Crippen molar-refractivity contribution in [3.8, 4) is 0 Å². The fourth-order valence-corrected chi connectivity index (χ4v) is 8.85. The Morgan fingerprint density at radius 1 is 1.14 bits per heavy atom. The van der Waals surface area contributed by atoms with E-state index >= 15 is 0 Å². The molecule has 0 aliphatic carbocycles. The largest absolute Gasteiger partial charge is 0.481 e. The second-order valence-corrected chi connectivity index (χ2v) is 11.9. The van der Waals surface area contributed by atoms with E-state index in [0.717, 1.165) is 29.3 Å². The lowest BCUT2D eigenvalue weighted by atomic mass is 9.71. The summed E-state index contributed by atoms with van der Waals surface area (Å²) in [6.45, 7) is 4.72. The van der Waals surface area contributed by atoms with Gasteiger partial charge in [0.2, 0.25) is 5.91 Å². The molecule has 0 saturated carbocycles. The number of benzene rings is 2. The molecule has 3 aliphatic heterocycles. The van der Waals surface area contributed by atoms with Crippen LogP contribution in [0.5, 0.6) is 0 Å². The minimum Gasteiger partial charge on any atom is -0.481 e. The molecule has 5 atom stereocenters. The highest BCUT2D eigenvalue weighted by Gasteiger charge is 2.74. The molecule has 2 aromatic carbocycles. The first-order valence-corrected chi connectivity index (χ1v) is 14.0. The third kappa shape index (κ3) is 4.34. The van der Waals surface area contributed by atoms with Gasteiger partial charge in [-0.25, -0.2) is 0 Å². The molecule has 1 spiro atoms. The average Bonchev–Trinajstić information content (AvgIpc) is 3.54. The standard InChI is InChI=1S/C29H34N2O5S/c1-2-15-30(21-12-11-19-9-5-6-10-20(19)18-21)27(34)25-29-14-13-22(37-29)23(28(35)36)24(29)26(33)31(25)16-7-3-4-8-17-32/h2,5-6,9-12,18,22-25,32H,1,3-4,7-8,13-17H2,(H,35,36)/t22-,23+,24-,25?,29?/m0/s1. The lowest BCUT2D eigenvalue weighted by Crippen LogP contribution is -2.55. The zero-order valence-electron chi connectivity index (χ0n) is 20.9. The number of thioether (sulfide) groups is 1. The van der Waals surface area contributed by atoms with Crippen LogP contribution in [0.4, 0.5) is 5.69 Å². The zero-order chi connectivity index (χ0) is 26.2. The van der Waals surface area contributed by atoms with Gasteiger partial charge in [0.25, 0.3) is 5.91 Å². The molecule has 2 unspecified atom stereocenters. The van der Waals surface area contributed by atoms with Crippen molar-refractivity contribution in [2.75, 3.05) is 24.6 Å². The van der Waals surface area contributed by atoms with Gasteiger partial charge in [-0.05, 0) is 48.6 Å². The number of hydrogen-bond acceptors (Lipinski definition) is 5. The number of carbonyl (C=O) groups is 3. The van der Waals surface area contributed by atoms with Crippen LogP contribution in [-0.2, 0) is 14.4 Å². The van der Waals surface area contributed by atoms with Crippen molar-refractivity contribution >= 4 is 46.0 Å². The smallest absolute Gasteiger partial charge is 0.308 e. The molecule has 0 aromatic heterocycles. The van der Waals surface area contributed by atoms with Crippen molar-refractivity contribution in [1.82, 2.24) is 4.90 Å². The van der Waals surface area contributed by atoms with Crippen LogP contribution in [0.25, 0.3) is 10.8 Å². The Kier molecular flexibility index (Phi) is 7.32. The van der Waals surface area contributed by atoms with Crippen LogP contribution >= 0.6 is 11.8 Å². The van der Waals surface area contributed by atoms with Crippen LogP contribution in [0.15, 0.2) is 55.1 Å². The number of nitrogens with zero attached hydrogens (tertiary/aromatic N) is 2. The number of amides is 2. The summed E-state index contributed by atoms with van der Waals surface area (Å²) >= 11 is 1.56. The van der Waals surface area contributed by atoms with Crippen LogP contribution in [0.3, 0.4) is 0 Å². The molecule has 3 heterocycles. The minimum absolute atomic E-state index is 0.134. The maximum atomic E-state index is 14.5. The van der Waals surface area contributed by atoms with Gasteiger partial charge in [-0.3, -0.25) is 14.4 Å². The predicted molar refractivity (Wildman–Crippen MR) is 146 cm³/mol. The van der Waals surface area contributed by atoms with E-state index in [-0.39, 0.29) is 23.7 Å². The molecule has 37 heavy (non-hydrogen) atoms. The highest BCUT2D eigenvalue weighted by Crippen LogP contribution is 2.66. The van der Waals surface area contributed by atoms with Crippen LogP contribution in [0.2, 0.25) is 0 Å². The quantitative estimate of drug-likeness (QED) is 0.341. The monoisotopic (exact) mass is 522 g/mol. The van der Waals surface area contributed by atoms with Gasteiger partial charge in [-0.15, -0.1) is 18.3 Å². The lowest BCUT2D eigenvalue weighted by molar-refractivity contribution is -0.148. The molecule has 8 heteroatoms. The van der Waals surface area contributed by atoms with E-state index < -0.39 is 28.6 Å². The number of hydrogen-bond donors (Lipinski definition) is 2. The highest BCUT2D eigenvalue weighted by atomic mass is 32.2. The van der Waals surface area contributed by atoms with Gasteiger partial charge < -0.3 is 20.0 Å². The van der Waals surface area contributed by atoms with Crippen molar-refractivity contribution in [2.45, 2.75) is 54.6 Å². The summed E-state index contributed by atoms with van der Waals surface area (Å²) in [4.78, 5) is 43.9. The van der Waals surface area contributed by atoms with Gasteiger partial charge in [0.05, 0.1) is 16.6 Å². The Bertz CT molecular complexity index is 1220. The van der Waals surface area contributed by atoms with E-state index in [1.54, 1.807) is 27.6 Å². The van der Waals surface area contributed by atoms with Crippen molar-refractivity contribution in [1.29, 1.82) is 0 Å². The number of aliphatic hydroxyl groups is 1. The average molecular weight is 523 g/mol. The number of anilines is 1. The first-order chi connectivity index (χ1) is 17.9. The Balaban J connectivity index is 1.51. The number of carboxylic acids is 1. The Hall–Kier alpha value is -2.84. The van der Waals surface area contributed by atoms with E-state index in [1.165, 1.54) is 0 Å². The number of likely N-dealkylation sites (tertiary alicyclic amines) is 1. The SMILES string of the molecule is C=CCN(C(=O)C1N(CCCCCCO)C(=O)[C@@H]2[C@H](C(=O)O)[C@@H]3CCC12S3)c1ccc2ccccc2c1. The first-order valence-electron chi connectivity index (χ1n) is 13.2. The molecule has 2 amide bonds. The fourth-order valence-electron chi connectivity index (χ4n) is 6.65. The van der Waals surface area contributed by atoms with Gasteiger partial charge in [-0.2, -0.15) is 0 Å². The van der Waals surface area contributed by atoms with E-state index in [4.69, 9.17) is 5.11 Å². The summed E-state index contributed by atoms with van der Waals surface area (Å²) in [5.74, 6) is -2.73. The van der Waals surface area contributed by atoms with Gasteiger partial charge in [0.15, 0.2) is 0 Å². The molecule has 7 nitrogen and oxygen atoms in total. The van der Waals surface area contributed by atoms with Gasteiger partial charge in [0.1, 0.15) is 6.04 Å². The maximum Gasteiger partial charge on any atom is 0.308 e. The molecule has 5 rings (SSSR count). The molecular formula is C29H34N2O5S. The van der Waals surface area contributed by atoms with E-state index in [0.29, 0.717) is 38.8 Å². The maximum absolute atomic E-state index is 14.5. The molecule has 2 N–H and O–H groups in total. The van der Waals surface area contributed by atoms with Crippen LogP contribution in [-0.4, -0.2) is 68.6 Å². The summed E-state index contributed by atoms with van der Waals surface area (Å²) < 4.78 is -0.719. The van der Waals surface area contributed by atoms with Crippen molar-refractivity contribution in [3.05, 3.63) is 55.1 Å². The minimum atomic E-state index is -0.939. The van der Waals surface area contributed by atoms with Crippen LogP contribution < -0.4 is 4.90 Å². The summed E-state index contributed by atoms with van der Waals surface area (Å²) in [7, 11) is 0. The Morgan fingerprint density at radius 2 is 1.89 bits per heavy atom.